The molecule has 0 unspecified atom stereocenters. The van der Waals surface area contributed by atoms with Crippen molar-refractivity contribution in [1.82, 2.24) is 4.90 Å². The number of benzene rings is 1. The number of carbonyl (C=O) groups excluding carboxylic acids is 2. The lowest BCUT2D eigenvalue weighted by Gasteiger charge is -2.22. The minimum absolute atomic E-state index is 0.133. The molecule has 1 aromatic carbocycles. The fourth-order valence-electron chi connectivity index (χ4n) is 2.18. The van der Waals surface area contributed by atoms with E-state index in [1.807, 2.05) is 44.2 Å². The van der Waals surface area contributed by atoms with E-state index in [9.17, 15) is 9.59 Å². The molecular formula is C15H19NO3. The zero-order chi connectivity index (χ0) is 13.8. The van der Waals surface area contributed by atoms with E-state index in [0.29, 0.717) is 6.42 Å². The first-order valence-electron chi connectivity index (χ1n) is 6.67. The van der Waals surface area contributed by atoms with Crippen LogP contribution in [0.3, 0.4) is 0 Å². The van der Waals surface area contributed by atoms with Gasteiger partial charge in [-0.3, -0.25) is 4.79 Å². The van der Waals surface area contributed by atoms with Crippen LogP contribution in [0, 0.1) is 5.92 Å². The third-order valence-electron chi connectivity index (χ3n) is 3.55. The Morgan fingerprint density at radius 2 is 2.11 bits per heavy atom. The number of ether oxygens (including phenoxy) is 1. The Morgan fingerprint density at radius 3 is 2.74 bits per heavy atom. The Hall–Kier alpha value is -1.84. The molecule has 4 heteroatoms. The summed E-state index contributed by atoms with van der Waals surface area (Å²) < 4.78 is 5.03. The summed E-state index contributed by atoms with van der Waals surface area (Å²) in [6.45, 7) is 4.07. The minimum atomic E-state index is -0.508. The van der Waals surface area contributed by atoms with Crippen molar-refractivity contribution in [2.75, 3.05) is 6.61 Å². The molecule has 0 radical (unpaired) electrons. The van der Waals surface area contributed by atoms with Gasteiger partial charge in [-0.15, -0.1) is 0 Å². The molecule has 102 valence electrons. The van der Waals surface area contributed by atoms with Gasteiger partial charge in [0.25, 0.3) is 0 Å². The lowest BCUT2D eigenvalue weighted by Crippen LogP contribution is -2.42. The number of amides is 2. The quantitative estimate of drug-likeness (QED) is 0.837. The van der Waals surface area contributed by atoms with Crippen LogP contribution in [0.15, 0.2) is 30.3 Å². The monoisotopic (exact) mass is 261 g/mol. The van der Waals surface area contributed by atoms with Crippen LogP contribution in [0.5, 0.6) is 0 Å². The molecule has 0 saturated carbocycles. The van der Waals surface area contributed by atoms with E-state index in [1.54, 1.807) is 0 Å². The molecule has 0 N–H and O–H groups in total. The number of cyclic esters (lactones) is 1. The van der Waals surface area contributed by atoms with E-state index in [4.69, 9.17) is 4.74 Å². The highest BCUT2D eigenvalue weighted by Crippen LogP contribution is 2.20. The maximum absolute atomic E-state index is 12.2. The Kier molecular flexibility index (Phi) is 4.20. The molecule has 1 fully saturated rings. The van der Waals surface area contributed by atoms with Gasteiger partial charge >= 0.3 is 6.09 Å². The number of imide groups is 1. The second kappa shape index (κ2) is 5.87. The second-order valence-electron chi connectivity index (χ2n) is 4.94. The van der Waals surface area contributed by atoms with Gasteiger partial charge in [-0.05, 0) is 18.4 Å². The van der Waals surface area contributed by atoms with E-state index >= 15 is 0 Å². The van der Waals surface area contributed by atoms with Gasteiger partial charge in [0.15, 0.2) is 0 Å². The molecule has 1 heterocycles. The fourth-order valence-corrected chi connectivity index (χ4v) is 2.18. The second-order valence-corrected chi connectivity index (χ2v) is 4.94. The molecule has 1 saturated heterocycles. The maximum Gasteiger partial charge on any atom is 0.416 e. The molecular weight excluding hydrogens is 242 g/mol. The summed E-state index contributed by atoms with van der Waals surface area (Å²) in [5.74, 6) is -0.283. The summed E-state index contributed by atoms with van der Waals surface area (Å²) in [5, 5.41) is 0. The Bertz CT molecular complexity index is 458. The van der Waals surface area contributed by atoms with Crippen LogP contribution in [0.2, 0.25) is 0 Å². The summed E-state index contributed by atoms with van der Waals surface area (Å²) >= 11 is 0. The predicted molar refractivity (Wildman–Crippen MR) is 71.6 cm³/mol. The first-order chi connectivity index (χ1) is 9.13. The minimum Gasteiger partial charge on any atom is -0.447 e. The first kappa shape index (κ1) is 13.6. The number of rotatable bonds is 4. The summed E-state index contributed by atoms with van der Waals surface area (Å²) in [5.41, 5.74) is 1.10. The van der Waals surface area contributed by atoms with E-state index in [2.05, 4.69) is 0 Å². The van der Waals surface area contributed by atoms with Crippen LogP contribution >= 0.6 is 0 Å². The average Bonchev–Trinajstić information content (AvgIpc) is 2.79. The zero-order valence-corrected chi connectivity index (χ0v) is 11.3. The van der Waals surface area contributed by atoms with Crippen molar-refractivity contribution in [2.45, 2.75) is 32.7 Å². The van der Waals surface area contributed by atoms with E-state index in [0.717, 1.165) is 12.0 Å². The van der Waals surface area contributed by atoms with Crippen molar-refractivity contribution in [1.29, 1.82) is 0 Å². The van der Waals surface area contributed by atoms with E-state index < -0.39 is 6.09 Å². The standard InChI is InChI=1S/C15H19NO3/c1-3-11(2)14(17)16-13(10-19-15(16)18)9-12-7-5-4-6-8-12/h4-8,11,13H,3,9-10H2,1-2H3/t11-,13-/m1/s1. The lowest BCUT2D eigenvalue weighted by atomic mass is 10.0. The van der Waals surface area contributed by atoms with Crippen LogP contribution in [-0.4, -0.2) is 29.5 Å². The molecule has 0 aliphatic carbocycles. The highest BCUT2D eigenvalue weighted by atomic mass is 16.6. The van der Waals surface area contributed by atoms with Crippen molar-refractivity contribution in [3.8, 4) is 0 Å². The van der Waals surface area contributed by atoms with Crippen molar-refractivity contribution in [2.24, 2.45) is 5.92 Å². The molecule has 2 amide bonds. The Morgan fingerprint density at radius 1 is 1.42 bits per heavy atom. The van der Waals surface area contributed by atoms with E-state index in [1.165, 1.54) is 4.90 Å². The summed E-state index contributed by atoms with van der Waals surface area (Å²) in [4.78, 5) is 25.2. The normalized spacial score (nSPS) is 20.2. The van der Waals surface area contributed by atoms with Crippen molar-refractivity contribution < 1.29 is 14.3 Å². The maximum atomic E-state index is 12.2. The van der Waals surface area contributed by atoms with Crippen molar-refractivity contribution >= 4 is 12.0 Å². The van der Waals surface area contributed by atoms with Crippen LogP contribution in [-0.2, 0) is 16.0 Å². The molecule has 1 aromatic rings. The molecule has 4 nitrogen and oxygen atoms in total. The molecule has 0 bridgehead atoms. The van der Waals surface area contributed by atoms with Gasteiger partial charge < -0.3 is 4.74 Å². The van der Waals surface area contributed by atoms with Crippen LogP contribution in [0.4, 0.5) is 4.79 Å². The van der Waals surface area contributed by atoms with E-state index in [-0.39, 0.29) is 24.5 Å². The lowest BCUT2D eigenvalue weighted by molar-refractivity contribution is -0.132. The van der Waals surface area contributed by atoms with Gasteiger partial charge in [-0.1, -0.05) is 44.2 Å². The Labute approximate surface area is 113 Å². The molecule has 1 aliphatic rings. The smallest absolute Gasteiger partial charge is 0.416 e. The highest BCUT2D eigenvalue weighted by Gasteiger charge is 2.39. The zero-order valence-electron chi connectivity index (χ0n) is 11.3. The molecule has 19 heavy (non-hydrogen) atoms. The SMILES string of the molecule is CC[C@@H](C)C(=O)N1C(=O)OC[C@H]1Cc1ccccc1. The molecule has 2 rings (SSSR count). The number of carbonyl (C=O) groups is 2. The van der Waals surface area contributed by atoms with Gasteiger partial charge in [0.05, 0.1) is 6.04 Å². The fraction of sp³-hybridized carbons (Fsp3) is 0.467. The van der Waals surface area contributed by atoms with Crippen LogP contribution < -0.4 is 0 Å². The largest absolute Gasteiger partial charge is 0.447 e. The molecule has 0 aromatic heterocycles. The van der Waals surface area contributed by atoms with Gasteiger partial charge in [-0.25, -0.2) is 9.69 Å². The predicted octanol–water partition coefficient (Wildman–Crippen LogP) is 2.62. The molecule has 2 atom stereocenters. The van der Waals surface area contributed by atoms with Crippen molar-refractivity contribution in [3.05, 3.63) is 35.9 Å². The molecule has 1 aliphatic heterocycles. The number of nitrogens with zero attached hydrogens (tertiary/aromatic N) is 1. The highest BCUT2D eigenvalue weighted by molar-refractivity contribution is 5.94. The topological polar surface area (TPSA) is 46.6 Å². The average molecular weight is 261 g/mol. The van der Waals surface area contributed by atoms with Gasteiger partial charge in [0.2, 0.25) is 5.91 Å². The van der Waals surface area contributed by atoms with Crippen LogP contribution in [0.1, 0.15) is 25.8 Å². The number of hydrogen-bond donors (Lipinski definition) is 0. The summed E-state index contributed by atoms with van der Waals surface area (Å²) in [6.07, 6.45) is 0.862. The summed E-state index contributed by atoms with van der Waals surface area (Å²) in [6, 6.07) is 9.66. The third-order valence-corrected chi connectivity index (χ3v) is 3.55. The number of hydrogen-bond acceptors (Lipinski definition) is 3. The van der Waals surface area contributed by atoms with Gasteiger partial charge in [-0.2, -0.15) is 0 Å². The van der Waals surface area contributed by atoms with Crippen LogP contribution in [0.25, 0.3) is 0 Å². The third kappa shape index (κ3) is 2.95. The molecule has 0 spiro atoms. The van der Waals surface area contributed by atoms with Crippen molar-refractivity contribution in [3.63, 3.8) is 0 Å². The summed E-state index contributed by atoms with van der Waals surface area (Å²) in [7, 11) is 0. The van der Waals surface area contributed by atoms with Gasteiger partial charge in [0, 0.05) is 5.92 Å². The Balaban J connectivity index is 2.11. The van der Waals surface area contributed by atoms with Gasteiger partial charge in [0.1, 0.15) is 6.61 Å². The first-order valence-corrected chi connectivity index (χ1v) is 6.67.